The van der Waals surface area contributed by atoms with Crippen LogP contribution < -0.4 is 14.8 Å². The summed E-state index contributed by atoms with van der Waals surface area (Å²) in [5.74, 6) is 2.08. The number of halogens is 1. The van der Waals surface area contributed by atoms with Crippen molar-refractivity contribution in [2.45, 2.75) is 32.2 Å². The predicted molar refractivity (Wildman–Crippen MR) is 78.8 cm³/mol. The highest BCUT2D eigenvalue weighted by Crippen LogP contribution is 2.41. The fraction of sp³-hybridized carbons (Fsp3) is 0.571. The number of ether oxygens (including phenoxy) is 2. The van der Waals surface area contributed by atoms with Crippen molar-refractivity contribution in [3.05, 3.63) is 22.2 Å². The van der Waals surface area contributed by atoms with Crippen LogP contribution in [0.5, 0.6) is 11.5 Å². The van der Waals surface area contributed by atoms with Crippen LogP contribution in [0.4, 0.5) is 0 Å². The van der Waals surface area contributed by atoms with Crippen LogP contribution in [0.2, 0.25) is 0 Å². The minimum absolute atomic E-state index is 0.421. The summed E-state index contributed by atoms with van der Waals surface area (Å²) in [6.45, 7) is 4.39. The number of rotatable bonds is 6. The smallest absolute Gasteiger partial charge is 0.140 e. The van der Waals surface area contributed by atoms with E-state index in [4.69, 9.17) is 9.47 Å². The molecule has 1 aromatic rings. The van der Waals surface area contributed by atoms with Crippen LogP contribution in [0.15, 0.2) is 16.6 Å². The van der Waals surface area contributed by atoms with Gasteiger partial charge in [-0.15, -0.1) is 0 Å². The predicted octanol–water partition coefficient (Wildman–Crippen LogP) is 3.57. The lowest BCUT2D eigenvalue weighted by Gasteiger charge is -2.21. The van der Waals surface area contributed by atoms with Gasteiger partial charge in [0.25, 0.3) is 0 Å². The molecule has 2 unspecified atom stereocenters. The second kappa shape index (κ2) is 7.00. The van der Waals surface area contributed by atoms with Crippen molar-refractivity contribution in [3.63, 3.8) is 0 Å². The molecule has 3 nitrogen and oxygen atoms in total. The molecule has 0 saturated carbocycles. The van der Waals surface area contributed by atoms with Gasteiger partial charge in [0.05, 0.1) is 14.2 Å². The monoisotopic (exact) mass is 315 g/mol. The van der Waals surface area contributed by atoms with Gasteiger partial charge >= 0.3 is 0 Å². The van der Waals surface area contributed by atoms with Crippen LogP contribution in [-0.4, -0.2) is 27.3 Å². The number of hydrogen-bond donors (Lipinski definition) is 1. The van der Waals surface area contributed by atoms with E-state index in [9.17, 15) is 0 Å². The molecule has 0 amide bonds. The van der Waals surface area contributed by atoms with E-state index in [2.05, 4.69) is 41.2 Å². The third-order valence-electron chi connectivity index (χ3n) is 3.25. The van der Waals surface area contributed by atoms with Crippen LogP contribution in [-0.2, 0) is 0 Å². The normalized spacial score (nSPS) is 14.1. The minimum atomic E-state index is 0.421. The summed E-state index contributed by atoms with van der Waals surface area (Å²) in [6.07, 6.45) is 1.06. The lowest BCUT2D eigenvalue weighted by atomic mass is 9.93. The first-order chi connectivity index (χ1) is 8.54. The van der Waals surface area contributed by atoms with Crippen molar-refractivity contribution in [3.8, 4) is 11.5 Å². The zero-order valence-electron chi connectivity index (χ0n) is 11.7. The maximum Gasteiger partial charge on any atom is 0.140 e. The summed E-state index contributed by atoms with van der Waals surface area (Å²) < 4.78 is 11.7. The molecular weight excluding hydrogens is 294 g/mol. The molecule has 1 N–H and O–H groups in total. The molecule has 0 aliphatic carbocycles. The van der Waals surface area contributed by atoms with Gasteiger partial charge in [-0.3, -0.25) is 0 Å². The maximum absolute atomic E-state index is 5.51. The highest BCUT2D eigenvalue weighted by Gasteiger charge is 2.18. The van der Waals surface area contributed by atoms with E-state index < -0.39 is 0 Å². The van der Waals surface area contributed by atoms with E-state index >= 15 is 0 Å². The summed E-state index contributed by atoms with van der Waals surface area (Å²) in [5, 5.41) is 3.26. The molecule has 18 heavy (non-hydrogen) atoms. The maximum atomic E-state index is 5.51. The Balaban J connectivity index is 3.05. The lowest BCUT2D eigenvalue weighted by Crippen LogP contribution is -2.23. The Bertz CT molecular complexity index is 396. The first-order valence-corrected chi connectivity index (χ1v) is 6.92. The van der Waals surface area contributed by atoms with Gasteiger partial charge in [-0.1, -0.05) is 13.0 Å². The topological polar surface area (TPSA) is 30.5 Å². The first kappa shape index (κ1) is 15.3. The molecule has 1 rings (SSSR count). The Labute approximate surface area is 118 Å². The van der Waals surface area contributed by atoms with Crippen molar-refractivity contribution >= 4 is 15.9 Å². The second-order valence-corrected chi connectivity index (χ2v) is 5.32. The van der Waals surface area contributed by atoms with Crippen molar-refractivity contribution in [1.82, 2.24) is 5.32 Å². The first-order valence-electron chi connectivity index (χ1n) is 6.12. The summed E-state index contributed by atoms with van der Waals surface area (Å²) in [4.78, 5) is 0. The van der Waals surface area contributed by atoms with E-state index in [0.29, 0.717) is 12.0 Å². The van der Waals surface area contributed by atoms with E-state index in [1.165, 1.54) is 5.56 Å². The van der Waals surface area contributed by atoms with Gasteiger partial charge in [0, 0.05) is 6.04 Å². The van der Waals surface area contributed by atoms with Crippen molar-refractivity contribution in [2.24, 2.45) is 0 Å². The van der Waals surface area contributed by atoms with Crippen LogP contribution in [0.1, 0.15) is 31.7 Å². The molecule has 0 heterocycles. The molecule has 0 aliphatic heterocycles. The molecule has 102 valence electrons. The zero-order chi connectivity index (χ0) is 13.7. The molecule has 0 aliphatic rings. The van der Waals surface area contributed by atoms with Gasteiger partial charge in [0.2, 0.25) is 0 Å². The minimum Gasteiger partial charge on any atom is -0.495 e. The van der Waals surface area contributed by atoms with Gasteiger partial charge in [-0.05, 0) is 53.9 Å². The SMILES string of the molecule is CNC(C)CC(C)c1ccc(OC)c(Br)c1OC. The molecule has 0 bridgehead atoms. The Kier molecular flexibility index (Phi) is 5.96. The molecule has 0 radical (unpaired) electrons. The summed E-state index contributed by atoms with van der Waals surface area (Å²) in [5.41, 5.74) is 1.20. The lowest BCUT2D eigenvalue weighted by molar-refractivity contribution is 0.381. The summed E-state index contributed by atoms with van der Waals surface area (Å²) >= 11 is 3.54. The number of nitrogens with one attached hydrogen (secondary N) is 1. The molecule has 0 spiro atoms. The van der Waals surface area contributed by atoms with Crippen molar-refractivity contribution in [1.29, 1.82) is 0 Å². The van der Waals surface area contributed by atoms with E-state index in [1.807, 2.05) is 13.1 Å². The van der Waals surface area contributed by atoms with Crippen LogP contribution >= 0.6 is 15.9 Å². The van der Waals surface area contributed by atoms with Crippen LogP contribution in [0.3, 0.4) is 0 Å². The van der Waals surface area contributed by atoms with Crippen LogP contribution in [0, 0.1) is 0 Å². The molecule has 2 atom stereocenters. The number of methoxy groups -OCH3 is 2. The average molecular weight is 316 g/mol. The quantitative estimate of drug-likeness (QED) is 0.870. The van der Waals surface area contributed by atoms with E-state index in [-0.39, 0.29) is 0 Å². The van der Waals surface area contributed by atoms with E-state index in [0.717, 1.165) is 22.4 Å². The highest BCUT2D eigenvalue weighted by molar-refractivity contribution is 9.10. The molecule has 0 fully saturated rings. The van der Waals surface area contributed by atoms with Gasteiger partial charge < -0.3 is 14.8 Å². The standard InChI is InChI=1S/C14H22BrNO2/c1-9(8-10(2)16-3)11-6-7-12(17-4)13(15)14(11)18-5/h6-7,9-10,16H,8H2,1-5H3. The third kappa shape index (κ3) is 3.39. The van der Waals surface area contributed by atoms with Crippen molar-refractivity contribution < 1.29 is 9.47 Å². The van der Waals surface area contributed by atoms with Gasteiger partial charge in [0.15, 0.2) is 0 Å². The average Bonchev–Trinajstić information content (AvgIpc) is 2.37. The summed E-state index contributed by atoms with van der Waals surface area (Å²) in [6, 6.07) is 4.53. The molecule has 4 heteroatoms. The van der Waals surface area contributed by atoms with Crippen LogP contribution in [0.25, 0.3) is 0 Å². The van der Waals surface area contributed by atoms with Gasteiger partial charge in [0.1, 0.15) is 16.0 Å². The highest BCUT2D eigenvalue weighted by atomic mass is 79.9. The molecule has 0 aromatic heterocycles. The van der Waals surface area contributed by atoms with Gasteiger partial charge in [-0.2, -0.15) is 0 Å². The fourth-order valence-electron chi connectivity index (χ4n) is 2.08. The Morgan fingerprint density at radius 3 is 2.39 bits per heavy atom. The summed E-state index contributed by atoms with van der Waals surface area (Å²) in [7, 11) is 5.33. The third-order valence-corrected chi connectivity index (χ3v) is 4.00. The Morgan fingerprint density at radius 1 is 1.22 bits per heavy atom. The van der Waals surface area contributed by atoms with E-state index in [1.54, 1.807) is 14.2 Å². The Morgan fingerprint density at radius 2 is 1.89 bits per heavy atom. The second-order valence-electron chi connectivity index (χ2n) is 4.53. The Hall–Kier alpha value is -0.740. The van der Waals surface area contributed by atoms with Gasteiger partial charge in [-0.25, -0.2) is 0 Å². The number of hydrogen-bond acceptors (Lipinski definition) is 3. The number of benzene rings is 1. The largest absolute Gasteiger partial charge is 0.495 e. The fourth-order valence-corrected chi connectivity index (χ4v) is 2.77. The zero-order valence-corrected chi connectivity index (χ0v) is 13.3. The molecular formula is C14H22BrNO2. The molecule has 0 saturated heterocycles. The molecule has 1 aromatic carbocycles. The van der Waals surface area contributed by atoms with Crippen molar-refractivity contribution in [2.75, 3.05) is 21.3 Å².